The van der Waals surface area contributed by atoms with Crippen molar-refractivity contribution in [3.05, 3.63) is 60.2 Å². The molecule has 1 aromatic heterocycles. The monoisotopic (exact) mass is 393 g/mol. The minimum absolute atomic E-state index is 0.103. The van der Waals surface area contributed by atoms with Crippen LogP contribution in [-0.2, 0) is 16.1 Å². The first-order valence-corrected chi connectivity index (χ1v) is 9.75. The lowest BCUT2D eigenvalue weighted by Gasteiger charge is -2.33. The van der Waals surface area contributed by atoms with Crippen LogP contribution in [0.4, 0.5) is 6.01 Å². The summed E-state index contributed by atoms with van der Waals surface area (Å²) in [5.74, 6) is -1.30. The van der Waals surface area contributed by atoms with Crippen molar-refractivity contribution in [1.29, 1.82) is 0 Å². The number of carbonyl (C=O) groups is 2. The molecule has 2 aromatic carbocycles. The minimum atomic E-state index is -1.00. The minimum Gasteiger partial charge on any atom is -0.480 e. The molecule has 0 saturated carbocycles. The molecule has 29 heavy (non-hydrogen) atoms. The van der Waals surface area contributed by atoms with E-state index in [4.69, 9.17) is 4.42 Å². The van der Waals surface area contributed by atoms with E-state index in [1.165, 1.54) is 4.90 Å². The van der Waals surface area contributed by atoms with E-state index < -0.39 is 5.97 Å². The summed E-state index contributed by atoms with van der Waals surface area (Å²) >= 11 is 0. The summed E-state index contributed by atoms with van der Waals surface area (Å²) in [6, 6.07) is 17.7. The average Bonchev–Trinajstić information content (AvgIpc) is 3.18. The van der Waals surface area contributed by atoms with Crippen molar-refractivity contribution in [1.82, 2.24) is 9.88 Å². The van der Waals surface area contributed by atoms with Crippen LogP contribution in [0.1, 0.15) is 18.4 Å². The van der Waals surface area contributed by atoms with Gasteiger partial charge in [-0.15, -0.1) is 0 Å². The van der Waals surface area contributed by atoms with Crippen LogP contribution in [0.2, 0.25) is 0 Å². The molecule has 7 nitrogen and oxygen atoms in total. The van der Waals surface area contributed by atoms with Gasteiger partial charge in [0.05, 0.1) is 0 Å². The Balaban J connectivity index is 1.41. The Hall–Kier alpha value is -3.35. The number of oxazole rings is 1. The Morgan fingerprint density at radius 3 is 2.45 bits per heavy atom. The maximum Gasteiger partial charge on any atom is 0.323 e. The number of benzene rings is 2. The Morgan fingerprint density at radius 1 is 1.07 bits per heavy atom. The molecule has 1 aliphatic rings. The summed E-state index contributed by atoms with van der Waals surface area (Å²) in [5.41, 5.74) is 2.48. The molecule has 0 atom stereocenters. The summed E-state index contributed by atoms with van der Waals surface area (Å²) in [6.07, 6.45) is 1.28. The number of anilines is 1. The number of amides is 1. The Labute approximate surface area is 168 Å². The predicted octanol–water partition coefficient (Wildman–Crippen LogP) is 3.16. The average molecular weight is 393 g/mol. The first kappa shape index (κ1) is 19.0. The second-order valence-electron chi connectivity index (χ2n) is 7.30. The lowest BCUT2D eigenvalue weighted by molar-refractivity contribution is -0.147. The van der Waals surface area contributed by atoms with Gasteiger partial charge in [-0.25, -0.2) is 0 Å². The maximum absolute atomic E-state index is 13.0. The van der Waals surface area contributed by atoms with Crippen LogP contribution in [0.15, 0.2) is 59.0 Å². The van der Waals surface area contributed by atoms with Gasteiger partial charge in [-0.2, -0.15) is 4.98 Å². The van der Waals surface area contributed by atoms with Crippen molar-refractivity contribution < 1.29 is 19.1 Å². The SMILES string of the molecule is O=C(O)CN(Cc1ccccc1)C(=O)C1CCN(c2nc3ccccc3o2)CC1. The Bertz CT molecular complexity index is 960. The highest BCUT2D eigenvalue weighted by atomic mass is 16.4. The van der Waals surface area contributed by atoms with Crippen LogP contribution in [0, 0.1) is 5.92 Å². The first-order chi connectivity index (χ1) is 14.1. The van der Waals surface area contributed by atoms with Gasteiger partial charge < -0.3 is 19.3 Å². The number of aromatic nitrogens is 1. The molecule has 1 N–H and O–H groups in total. The maximum atomic E-state index is 13.0. The smallest absolute Gasteiger partial charge is 0.323 e. The molecule has 1 aliphatic heterocycles. The zero-order chi connectivity index (χ0) is 20.2. The zero-order valence-corrected chi connectivity index (χ0v) is 16.0. The molecule has 0 unspecified atom stereocenters. The van der Waals surface area contributed by atoms with Crippen molar-refractivity contribution in [2.75, 3.05) is 24.5 Å². The molecule has 1 saturated heterocycles. The number of carbonyl (C=O) groups excluding carboxylic acids is 1. The number of fused-ring (bicyclic) bond motifs is 1. The molecule has 4 rings (SSSR count). The number of aliphatic carboxylic acids is 1. The third-order valence-electron chi connectivity index (χ3n) is 5.25. The molecule has 3 aromatic rings. The second-order valence-corrected chi connectivity index (χ2v) is 7.30. The van der Waals surface area contributed by atoms with Gasteiger partial charge in [0, 0.05) is 25.6 Å². The fraction of sp³-hybridized carbons (Fsp3) is 0.318. The molecule has 1 amide bonds. The fourth-order valence-electron chi connectivity index (χ4n) is 3.75. The van der Waals surface area contributed by atoms with Gasteiger partial charge in [0.1, 0.15) is 12.1 Å². The molecule has 0 spiro atoms. The lowest BCUT2D eigenvalue weighted by atomic mass is 9.95. The number of hydrogen-bond acceptors (Lipinski definition) is 5. The van der Waals surface area contributed by atoms with Crippen LogP contribution in [0.5, 0.6) is 0 Å². The third kappa shape index (κ3) is 4.39. The van der Waals surface area contributed by atoms with Crippen molar-refractivity contribution in [2.24, 2.45) is 5.92 Å². The van der Waals surface area contributed by atoms with Gasteiger partial charge in [0.25, 0.3) is 6.01 Å². The molecule has 150 valence electrons. The quantitative estimate of drug-likeness (QED) is 0.692. The van der Waals surface area contributed by atoms with Gasteiger partial charge in [-0.1, -0.05) is 42.5 Å². The standard InChI is InChI=1S/C22H23N3O4/c26-20(27)15-25(14-16-6-2-1-3-7-16)21(28)17-10-12-24(13-11-17)22-23-18-8-4-5-9-19(18)29-22/h1-9,17H,10-15H2,(H,26,27). The molecule has 1 fully saturated rings. The molecule has 0 radical (unpaired) electrons. The van der Waals surface area contributed by atoms with E-state index >= 15 is 0 Å². The van der Waals surface area contributed by atoms with E-state index in [1.54, 1.807) is 0 Å². The van der Waals surface area contributed by atoms with Crippen LogP contribution in [-0.4, -0.2) is 46.5 Å². The third-order valence-corrected chi connectivity index (χ3v) is 5.25. The van der Waals surface area contributed by atoms with Crippen molar-refractivity contribution >= 4 is 29.0 Å². The zero-order valence-electron chi connectivity index (χ0n) is 16.0. The molecule has 2 heterocycles. The topological polar surface area (TPSA) is 86.9 Å². The molecular weight excluding hydrogens is 370 g/mol. The van der Waals surface area contributed by atoms with E-state index in [9.17, 15) is 14.7 Å². The van der Waals surface area contributed by atoms with Crippen molar-refractivity contribution in [3.8, 4) is 0 Å². The number of piperidine rings is 1. The summed E-state index contributed by atoms with van der Waals surface area (Å²) in [7, 11) is 0. The normalized spacial score (nSPS) is 14.8. The van der Waals surface area contributed by atoms with Crippen LogP contribution in [0.25, 0.3) is 11.1 Å². The molecule has 7 heteroatoms. The Morgan fingerprint density at radius 2 is 1.76 bits per heavy atom. The highest BCUT2D eigenvalue weighted by molar-refractivity contribution is 5.83. The number of hydrogen-bond donors (Lipinski definition) is 1. The number of rotatable bonds is 6. The van der Waals surface area contributed by atoms with Gasteiger partial charge in [0.15, 0.2) is 5.58 Å². The number of para-hydroxylation sites is 2. The summed E-state index contributed by atoms with van der Waals surface area (Å²) in [4.78, 5) is 32.3. The van der Waals surface area contributed by atoms with Gasteiger partial charge in [-0.05, 0) is 30.5 Å². The van der Waals surface area contributed by atoms with Crippen LogP contribution in [0.3, 0.4) is 0 Å². The van der Waals surface area contributed by atoms with E-state index in [0.717, 1.165) is 16.7 Å². The highest BCUT2D eigenvalue weighted by Crippen LogP contribution is 2.27. The Kier molecular flexibility index (Phi) is 5.46. The van der Waals surface area contributed by atoms with E-state index in [0.29, 0.717) is 38.5 Å². The van der Waals surface area contributed by atoms with E-state index in [2.05, 4.69) is 4.98 Å². The molecular formula is C22H23N3O4. The van der Waals surface area contributed by atoms with Crippen molar-refractivity contribution in [3.63, 3.8) is 0 Å². The molecule has 0 aliphatic carbocycles. The fourth-order valence-corrected chi connectivity index (χ4v) is 3.75. The number of nitrogens with zero attached hydrogens (tertiary/aromatic N) is 3. The van der Waals surface area contributed by atoms with Gasteiger partial charge in [0.2, 0.25) is 5.91 Å². The van der Waals surface area contributed by atoms with E-state index in [-0.39, 0.29) is 18.4 Å². The van der Waals surface area contributed by atoms with Gasteiger partial charge in [-0.3, -0.25) is 9.59 Å². The summed E-state index contributed by atoms with van der Waals surface area (Å²) in [6.45, 7) is 1.31. The summed E-state index contributed by atoms with van der Waals surface area (Å²) < 4.78 is 5.82. The second kappa shape index (κ2) is 8.34. The van der Waals surface area contributed by atoms with Gasteiger partial charge >= 0.3 is 5.97 Å². The van der Waals surface area contributed by atoms with Crippen LogP contribution >= 0.6 is 0 Å². The van der Waals surface area contributed by atoms with E-state index in [1.807, 2.05) is 59.5 Å². The van der Waals surface area contributed by atoms with Crippen molar-refractivity contribution in [2.45, 2.75) is 19.4 Å². The highest BCUT2D eigenvalue weighted by Gasteiger charge is 2.31. The first-order valence-electron chi connectivity index (χ1n) is 9.75. The number of carboxylic acid groups (broad SMARTS) is 1. The largest absolute Gasteiger partial charge is 0.480 e. The lowest BCUT2D eigenvalue weighted by Crippen LogP contribution is -2.44. The summed E-state index contributed by atoms with van der Waals surface area (Å²) in [5, 5.41) is 9.25. The molecule has 0 bridgehead atoms. The predicted molar refractivity (Wildman–Crippen MR) is 108 cm³/mol. The van der Waals surface area contributed by atoms with Crippen LogP contribution < -0.4 is 4.90 Å². The number of carboxylic acids is 1.